The Balaban J connectivity index is 1.82. The summed E-state index contributed by atoms with van der Waals surface area (Å²) in [6.45, 7) is 5.62. The highest BCUT2D eigenvalue weighted by molar-refractivity contribution is 7.98. The molecule has 31 heteroatoms. The van der Waals surface area contributed by atoms with Crippen molar-refractivity contribution in [2.24, 2.45) is 23.3 Å². The minimum absolute atomic E-state index is 0.103. The van der Waals surface area contributed by atoms with E-state index in [0.717, 1.165) is 0 Å². The zero-order valence-corrected chi connectivity index (χ0v) is 49.9. The Hall–Kier alpha value is -7.93. The molecule has 3 rings (SSSR count). The third-order valence-corrected chi connectivity index (χ3v) is 15.0. The highest BCUT2D eigenvalue weighted by Crippen LogP contribution is 2.22. The molecule has 1 aromatic carbocycles. The van der Waals surface area contributed by atoms with E-state index in [1.165, 1.54) is 16.7 Å². The van der Waals surface area contributed by atoms with E-state index in [-0.39, 0.29) is 76.3 Å². The molecule has 30 nitrogen and oxygen atoms in total. The van der Waals surface area contributed by atoms with Crippen LogP contribution in [0.15, 0.2) is 30.3 Å². The zero-order valence-electron chi connectivity index (χ0n) is 49.1. The standard InChI is InChI=1S/C55H85N13O17S/c1-6-30(4)45(54(84)58-27-42(71)60-35(23-29(2)3)48(78)61-32(46(57)76)19-22-86-5)67-51(81)36(24-31-13-8-7-9-14-31)63-49(79)38(26-44(74)75)65-50(80)37(25-43(72)73)64-47(77)33(15-10-11-20-56)62-52(82)39(28-69)66-53(83)40-16-12-21-68(40)55(85)34-17-18-41(70)59-34/h7-9,13-14,29-30,32-40,45,69H,6,10-12,15-28,56H2,1-5H3,(H2,57,76)(H,58,84)(H,59,70)(H,60,71)(H,61,78)(H,62,82)(H,63,79)(H,64,77)(H,65,80)(H,66,83)(H,67,81)(H,72,73)(H,74,75)/t30-,32-,33-,34-,35-,36-,37-,38-,39-,40-,45-/m0/s1. The van der Waals surface area contributed by atoms with Crippen LogP contribution in [0.3, 0.4) is 0 Å². The largest absolute Gasteiger partial charge is 0.481 e. The SMILES string of the molecule is CC[C@H](C)[C@H](NC(=O)[C@H](Cc1ccccc1)NC(=O)[C@H](CC(=O)O)NC(=O)[C@H](CC(=O)O)NC(=O)[C@H](CCCCN)NC(=O)[C@H](CO)NC(=O)[C@@H]1CCCN1C(=O)[C@@H]1CCC(=O)N1)C(=O)NCC(=O)N[C@@H](CC(C)C)C(=O)N[C@@H](CCSC)C(N)=O. The number of carbonyl (C=O) groups excluding carboxylic acids is 12. The first-order valence-corrected chi connectivity index (χ1v) is 30.0. The van der Waals surface area contributed by atoms with E-state index < -0.39 is 169 Å². The number of nitrogens with two attached hydrogens (primary N) is 2. The maximum Gasteiger partial charge on any atom is 0.305 e. The molecule has 2 aliphatic heterocycles. The number of nitrogens with one attached hydrogen (secondary N) is 10. The Morgan fingerprint density at radius 2 is 1.24 bits per heavy atom. The first-order chi connectivity index (χ1) is 40.7. The normalized spacial score (nSPS) is 17.7. The summed E-state index contributed by atoms with van der Waals surface area (Å²) < 4.78 is 0. The molecule has 0 saturated carbocycles. The molecule has 0 bridgehead atoms. The van der Waals surface area contributed by atoms with Crippen LogP contribution in [0.4, 0.5) is 0 Å². The number of aliphatic hydroxyl groups is 1. The van der Waals surface area contributed by atoms with Gasteiger partial charge in [-0.15, -0.1) is 0 Å². The Morgan fingerprint density at radius 3 is 1.78 bits per heavy atom. The van der Waals surface area contributed by atoms with Gasteiger partial charge in [-0.05, 0) is 87.3 Å². The van der Waals surface area contributed by atoms with Gasteiger partial charge >= 0.3 is 11.9 Å². The van der Waals surface area contributed by atoms with Gasteiger partial charge in [0.1, 0.15) is 60.4 Å². The Morgan fingerprint density at radius 1 is 0.686 bits per heavy atom. The Bertz CT molecular complexity index is 2560. The summed E-state index contributed by atoms with van der Waals surface area (Å²) >= 11 is 1.44. The van der Waals surface area contributed by atoms with Gasteiger partial charge in [-0.3, -0.25) is 67.1 Å². The summed E-state index contributed by atoms with van der Waals surface area (Å²) in [6.07, 6.45) is 1.24. The molecule has 0 aliphatic carbocycles. The van der Waals surface area contributed by atoms with Crippen molar-refractivity contribution in [2.45, 2.75) is 172 Å². The van der Waals surface area contributed by atoms with Crippen molar-refractivity contribution in [1.29, 1.82) is 0 Å². The Kier molecular flexibility index (Phi) is 31.0. The summed E-state index contributed by atoms with van der Waals surface area (Å²) in [5.41, 5.74) is 11.6. The lowest BCUT2D eigenvalue weighted by molar-refractivity contribution is -0.143. The average Bonchev–Trinajstić information content (AvgIpc) is 2.81. The van der Waals surface area contributed by atoms with E-state index in [9.17, 15) is 82.4 Å². The van der Waals surface area contributed by atoms with Crippen molar-refractivity contribution in [3.8, 4) is 0 Å². The number of primary amides is 1. The molecule has 11 atom stereocenters. The smallest absolute Gasteiger partial charge is 0.305 e. The molecule has 1 aromatic rings. The van der Waals surface area contributed by atoms with Crippen LogP contribution in [-0.2, 0) is 73.5 Å². The molecule has 2 fully saturated rings. The van der Waals surface area contributed by atoms with Crippen molar-refractivity contribution < 1.29 is 82.4 Å². The van der Waals surface area contributed by atoms with Crippen LogP contribution in [0.5, 0.6) is 0 Å². The number of hydrogen-bond acceptors (Lipinski definition) is 17. The van der Waals surface area contributed by atoms with Crippen LogP contribution in [0.1, 0.15) is 110 Å². The second kappa shape index (κ2) is 36.8. The number of aliphatic hydroxyl groups excluding tert-OH is 1. The topological polar surface area (TPSA) is 475 Å². The molecule has 17 N–H and O–H groups in total. The highest BCUT2D eigenvalue weighted by atomic mass is 32.2. The fourth-order valence-corrected chi connectivity index (χ4v) is 9.89. The molecular formula is C55H85N13O17S. The molecule has 2 aliphatic rings. The fraction of sp³-hybridized carbons (Fsp3) is 0.636. The molecule has 478 valence electrons. The number of amides is 12. The fourth-order valence-electron chi connectivity index (χ4n) is 9.42. The summed E-state index contributed by atoms with van der Waals surface area (Å²) in [6, 6.07) is -6.22. The number of likely N-dealkylation sites (tertiary alicyclic amines) is 1. The molecule has 0 aromatic heterocycles. The van der Waals surface area contributed by atoms with Crippen molar-refractivity contribution in [3.63, 3.8) is 0 Å². The average molecular weight is 1230 g/mol. The van der Waals surface area contributed by atoms with E-state index in [1.54, 1.807) is 58.0 Å². The van der Waals surface area contributed by atoms with E-state index >= 15 is 0 Å². The minimum atomic E-state index is -2.05. The number of thioether (sulfide) groups is 1. The third kappa shape index (κ3) is 24.2. The lowest BCUT2D eigenvalue weighted by atomic mass is 9.97. The predicted octanol–water partition coefficient (Wildman–Crippen LogP) is -4.11. The van der Waals surface area contributed by atoms with Crippen molar-refractivity contribution in [2.75, 3.05) is 38.2 Å². The first-order valence-electron chi connectivity index (χ1n) is 28.6. The van der Waals surface area contributed by atoms with E-state index in [1.807, 2.05) is 6.26 Å². The highest BCUT2D eigenvalue weighted by Gasteiger charge is 2.41. The van der Waals surface area contributed by atoms with Crippen LogP contribution in [0.25, 0.3) is 0 Å². The minimum Gasteiger partial charge on any atom is -0.481 e. The van der Waals surface area contributed by atoms with Gasteiger partial charge in [-0.2, -0.15) is 11.8 Å². The lowest BCUT2D eigenvalue weighted by Crippen LogP contribution is -2.61. The second-order valence-corrected chi connectivity index (χ2v) is 22.6. The number of hydrogen-bond donors (Lipinski definition) is 15. The van der Waals surface area contributed by atoms with Crippen molar-refractivity contribution in [1.82, 2.24) is 58.1 Å². The monoisotopic (exact) mass is 1230 g/mol. The van der Waals surface area contributed by atoms with Gasteiger partial charge in [0.15, 0.2) is 0 Å². The van der Waals surface area contributed by atoms with Crippen LogP contribution in [0, 0.1) is 11.8 Å². The molecule has 0 radical (unpaired) electrons. The third-order valence-electron chi connectivity index (χ3n) is 14.3. The number of nitrogens with zero attached hydrogens (tertiary/aromatic N) is 1. The van der Waals surface area contributed by atoms with Gasteiger partial charge in [0.25, 0.3) is 0 Å². The molecule has 86 heavy (non-hydrogen) atoms. The summed E-state index contributed by atoms with van der Waals surface area (Å²) in [7, 11) is 0. The van der Waals surface area contributed by atoms with Crippen LogP contribution >= 0.6 is 11.8 Å². The van der Waals surface area contributed by atoms with E-state index in [2.05, 4.69) is 53.2 Å². The molecular weight excluding hydrogens is 1150 g/mol. The molecule has 0 spiro atoms. The summed E-state index contributed by atoms with van der Waals surface area (Å²) in [4.78, 5) is 187. The summed E-state index contributed by atoms with van der Waals surface area (Å²) in [5, 5.41) is 54.4. The van der Waals surface area contributed by atoms with Gasteiger partial charge < -0.3 is 84.9 Å². The zero-order chi connectivity index (χ0) is 64.2. The molecule has 2 heterocycles. The number of rotatable bonds is 38. The summed E-state index contributed by atoms with van der Waals surface area (Å²) in [5.74, 6) is -14.1. The van der Waals surface area contributed by atoms with Crippen LogP contribution in [-0.4, -0.2) is 202 Å². The van der Waals surface area contributed by atoms with E-state index in [0.29, 0.717) is 30.6 Å². The molecule has 2 saturated heterocycles. The van der Waals surface area contributed by atoms with Gasteiger partial charge in [-0.25, -0.2) is 0 Å². The molecule has 12 amide bonds. The maximum atomic E-state index is 14.3. The number of unbranched alkanes of at least 4 members (excludes halogenated alkanes) is 1. The predicted molar refractivity (Wildman–Crippen MR) is 310 cm³/mol. The van der Waals surface area contributed by atoms with Crippen LogP contribution < -0.4 is 64.6 Å². The quantitative estimate of drug-likeness (QED) is 0.0280. The number of carboxylic acid groups (broad SMARTS) is 2. The lowest BCUT2D eigenvalue weighted by Gasteiger charge is -2.29. The number of benzene rings is 1. The Labute approximate surface area is 502 Å². The maximum absolute atomic E-state index is 14.3. The van der Waals surface area contributed by atoms with Gasteiger partial charge in [0.2, 0.25) is 70.9 Å². The second-order valence-electron chi connectivity index (χ2n) is 21.6. The van der Waals surface area contributed by atoms with Crippen molar-refractivity contribution in [3.05, 3.63) is 35.9 Å². The van der Waals surface area contributed by atoms with Gasteiger partial charge in [0, 0.05) is 19.4 Å². The van der Waals surface area contributed by atoms with Gasteiger partial charge in [0.05, 0.1) is 26.0 Å². The molecule has 0 unspecified atom stereocenters. The number of aliphatic carboxylic acids is 2. The van der Waals surface area contributed by atoms with E-state index in [4.69, 9.17) is 11.5 Å². The van der Waals surface area contributed by atoms with Crippen molar-refractivity contribution >= 4 is 94.6 Å². The first kappa shape index (κ1) is 72.3. The van der Waals surface area contributed by atoms with Crippen LogP contribution in [0.2, 0.25) is 0 Å². The number of carboxylic acids is 2. The van der Waals surface area contributed by atoms with Gasteiger partial charge in [-0.1, -0.05) is 64.4 Å². The number of carbonyl (C=O) groups is 14.